The van der Waals surface area contributed by atoms with Crippen molar-refractivity contribution in [3.05, 3.63) is 29.6 Å². The van der Waals surface area contributed by atoms with Gasteiger partial charge < -0.3 is 4.98 Å². The van der Waals surface area contributed by atoms with E-state index in [1.165, 1.54) is 11.3 Å². The quantitative estimate of drug-likeness (QED) is 0.767. The Bertz CT molecular complexity index is 501. The van der Waals surface area contributed by atoms with Crippen molar-refractivity contribution in [2.75, 3.05) is 0 Å². The highest BCUT2D eigenvalue weighted by molar-refractivity contribution is 5.77. The summed E-state index contributed by atoms with van der Waals surface area (Å²) in [5, 5.41) is 0. The second-order valence-electron chi connectivity index (χ2n) is 5.79. The number of aromatic nitrogens is 2. The molecule has 2 nitrogen and oxygen atoms in total. The third-order valence-electron chi connectivity index (χ3n) is 2.96. The van der Waals surface area contributed by atoms with Crippen molar-refractivity contribution < 1.29 is 0 Å². The van der Waals surface area contributed by atoms with Crippen LogP contribution in [0.2, 0.25) is 0 Å². The number of nitrogens with one attached hydrogen (secondary N) is 1. The van der Waals surface area contributed by atoms with Crippen LogP contribution in [0.4, 0.5) is 0 Å². The first-order valence-corrected chi connectivity index (χ1v) is 5.87. The molecule has 0 saturated carbocycles. The summed E-state index contributed by atoms with van der Waals surface area (Å²) in [6, 6.07) is 4.36. The van der Waals surface area contributed by atoms with Crippen molar-refractivity contribution in [3.8, 4) is 0 Å². The van der Waals surface area contributed by atoms with Crippen molar-refractivity contribution in [3.63, 3.8) is 0 Å². The van der Waals surface area contributed by atoms with Gasteiger partial charge in [-0.1, -0.05) is 34.6 Å². The van der Waals surface area contributed by atoms with E-state index in [9.17, 15) is 0 Å². The molecule has 2 aromatic heterocycles. The minimum absolute atomic E-state index is 0.151. The van der Waals surface area contributed by atoms with Crippen molar-refractivity contribution in [1.82, 2.24) is 9.97 Å². The molecule has 0 aliphatic carbocycles. The molecule has 0 amide bonds. The first-order chi connectivity index (χ1) is 7.38. The van der Waals surface area contributed by atoms with Crippen LogP contribution in [0.15, 0.2) is 18.3 Å². The van der Waals surface area contributed by atoms with Gasteiger partial charge in [0.25, 0.3) is 0 Å². The van der Waals surface area contributed by atoms with Gasteiger partial charge in [-0.25, -0.2) is 0 Å². The largest absolute Gasteiger partial charge is 0.357 e. The summed E-state index contributed by atoms with van der Waals surface area (Å²) in [6.45, 7) is 11.0. The van der Waals surface area contributed by atoms with E-state index in [0.717, 1.165) is 11.0 Å². The minimum Gasteiger partial charge on any atom is -0.357 e. The van der Waals surface area contributed by atoms with Gasteiger partial charge in [0.05, 0.1) is 11.0 Å². The van der Waals surface area contributed by atoms with Crippen molar-refractivity contribution >= 4 is 11.0 Å². The van der Waals surface area contributed by atoms with Gasteiger partial charge in [0.1, 0.15) is 0 Å². The summed E-state index contributed by atoms with van der Waals surface area (Å²) in [4.78, 5) is 7.97. The Hall–Kier alpha value is -1.31. The summed E-state index contributed by atoms with van der Waals surface area (Å²) in [5.41, 5.74) is 4.90. The molecular formula is C14H20N2. The fourth-order valence-corrected chi connectivity index (χ4v) is 1.74. The lowest BCUT2D eigenvalue weighted by molar-refractivity contribution is 0.574. The van der Waals surface area contributed by atoms with Gasteiger partial charge in [-0.05, 0) is 23.6 Å². The predicted molar refractivity (Wildman–Crippen MR) is 68.9 cm³/mol. The molecule has 0 bridgehead atoms. The highest BCUT2D eigenvalue weighted by Crippen LogP contribution is 2.26. The van der Waals surface area contributed by atoms with Crippen molar-refractivity contribution in [2.24, 2.45) is 0 Å². The molecule has 2 heteroatoms. The van der Waals surface area contributed by atoms with Gasteiger partial charge in [0.2, 0.25) is 0 Å². The standard InChI is InChI=1S/C14H20N2/c1-9(2)10-6-12-11(15-8-10)7-13(16-12)14(3,4)5/h6-9,16H,1-5H3. The Labute approximate surface area is 97.1 Å². The van der Waals surface area contributed by atoms with Gasteiger partial charge in [0, 0.05) is 17.3 Å². The predicted octanol–water partition coefficient (Wildman–Crippen LogP) is 3.98. The molecule has 1 N–H and O–H groups in total. The number of aromatic amines is 1. The summed E-state index contributed by atoms with van der Waals surface area (Å²) in [6.07, 6.45) is 1.98. The van der Waals surface area contributed by atoms with Gasteiger partial charge in [-0.3, -0.25) is 4.98 Å². The summed E-state index contributed by atoms with van der Waals surface area (Å²) in [7, 11) is 0. The minimum atomic E-state index is 0.151. The molecule has 0 saturated heterocycles. The number of hydrogen-bond donors (Lipinski definition) is 1. The Balaban J connectivity index is 2.54. The molecule has 2 rings (SSSR count). The fraction of sp³-hybridized carbons (Fsp3) is 0.500. The highest BCUT2D eigenvalue weighted by atomic mass is 14.8. The van der Waals surface area contributed by atoms with Crippen LogP contribution in [0, 0.1) is 0 Å². The van der Waals surface area contributed by atoms with Crippen molar-refractivity contribution in [2.45, 2.75) is 46.0 Å². The monoisotopic (exact) mass is 216 g/mol. The third kappa shape index (κ3) is 1.97. The Morgan fingerprint density at radius 2 is 1.88 bits per heavy atom. The Kier molecular flexibility index (Phi) is 2.53. The molecule has 2 heterocycles. The number of rotatable bonds is 1. The van der Waals surface area contributed by atoms with Gasteiger partial charge >= 0.3 is 0 Å². The zero-order valence-electron chi connectivity index (χ0n) is 10.8. The molecule has 86 valence electrons. The van der Waals surface area contributed by atoms with E-state index in [1.54, 1.807) is 0 Å². The first kappa shape index (κ1) is 11.2. The molecule has 0 unspecified atom stereocenters. The number of fused-ring (bicyclic) bond motifs is 1. The maximum Gasteiger partial charge on any atom is 0.0882 e. The van der Waals surface area contributed by atoms with Crippen LogP contribution < -0.4 is 0 Å². The van der Waals surface area contributed by atoms with Gasteiger partial charge in [-0.2, -0.15) is 0 Å². The number of H-pyrrole nitrogens is 1. The van der Waals surface area contributed by atoms with Gasteiger partial charge in [0.15, 0.2) is 0 Å². The molecule has 0 aliphatic heterocycles. The normalized spacial score (nSPS) is 12.6. The maximum atomic E-state index is 4.51. The van der Waals surface area contributed by atoms with Crippen molar-refractivity contribution in [1.29, 1.82) is 0 Å². The lowest BCUT2D eigenvalue weighted by Gasteiger charge is -2.15. The van der Waals surface area contributed by atoms with Crippen LogP contribution in [0.3, 0.4) is 0 Å². The third-order valence-corrected chi connectivity index (χ3v) is 2.96. The summed E-state index contributed by atoms with van der Waals surface area (Å²) in [5.74, 6) is 0.526. The zero-order valence-corrected chi connectivity index (χ0v) is 10.8. The molecule has 0 aliphatic rings. The van der Waals surface area contributed by atoms with Crippen LogP contribution in [-0.2, 0) is 5.41 Å². The van der Waals surface area contributed by atoms with Crippen LogP contribution in [0.25, 0.3) is 11.0 Å². The topological polar surface area (TPSA) is 28.7 Å². The summed E-state index contributed by atoms with van der Waals surface area (Å²) >= 11 is 0. The van der Waals surface area contributed by atoms with Crippen LogP contribution in [0.1, 0.15) is 51.8 Å². The second-order valence-corrected chi connectivity index (χ2v) is 5.79. The molecule has 2 aromatic rings. The van der Waals surface area contributed by atoms with E-state index in [-0.39, 0.29) is 5.41 Å². The second kappa shape index (κ2) is 3.62. The van der Waals surface area contributed by atoms with Crippen LogP contribution in [-0.4, -0.2) is 9.97 Å². The number of hydrogen-bond acceptors (Lipinski definition) is 1. The smallest absolute Gasteiger partial charge is 0.0882 e. The lowest BCUT2D eigenvalue weighted by atomic mass is 9.93. The van der Waals surface area contributed by atoms with E-state index < -0.39 is 0 Å². The van der Waals surface area contributed by atoms with E-state index >= 15 is 0 Å². The average Bonchev–Trinajstić information content (AvgIpc) is 2.58. The fourth-order valence-electron chi connectivity index (χ4n) is 1.74. The molecule has 0 aromatic carbocycles. The highest BCUT2D eigenvalue weighted by Gasteiger charge is 2.16. The molecule has 0 fully saturated rings. The van der Waals surface area contributed by atoms with E-state index in [1.807, 2.05) is 6.20 Å². The number of nitrogens with zero attached hydrogens (tertiary/aromatic N) is 1. The van der Waals surface area contributed by atoms with Crippen LogP contribution >= 0.6 is 0 Å². The Morgan fingerprint density at radius 1 is 1.19 bits per heavy atom. The average molecular weight is 216 g/mol. The number of pyridine rings is 1. The molecule has 0 atom stereocenters. The molecule has 0 radical (unpaired) electrons. The van der Waals surface area contributed by atoms with Crippen LogP contribution in [0.5, 0.6) is 0 Å². The Morgan fingerprint density at radius 3 is 2.44 bits per heavy atom. The van der Waals surface area contributed by atoms with E-state index in [4.69, 9.17) is 0 Å². The maximum absolute atomic E-state index is 4.51. The first-order valence-electron chi connectivity index (χ1n) is 5.87. The molecule has 16 heavy (non-hydrogen) atoms. The van der Waals surface area contributed by atoms with E-state index in [0.29, 0.717) is 5.92 Å². The molecule has 0 spiro atoms. The molecular weight excluding hydrogens is 196 g/mol. The van der Waals surface area contributed by atoms with Gasteiger partial charge in [-0.15, -0.1) is 0 Å². The van der Waals surface area contributed by atoms with E-state index in [2.05, 4.69) is 56.7 Å². The lowest BCUT2D eigenvalue weighted by Crippen LogP contribution is -2.10. The zero-order chi connectivity index (χ0) is 11.9. The SMILES string of the molecule is CC(C)c1cnc2cc(C(C)(C)C)[nH]c2c1. The summed E-state index contributed by atoms with van der Waals surface area (Å²) < 4.78 is 0.